The van der Waals surface area contributed by atoms with Crippen molar-refractivity contribution in [1.29, 1.82) is 0 Å². The van der Waals surface area contributed by atoms with E-state index in [1.807, 2.05) is 23.0 Å². The molecule has 2 rings (SSSR count). The molecule has 0 fully saturated rings. The fourth-order valence-electron chi connectivity index (χ4n) is 1.72. The summed E-state index contributed by atoms with van der Waals surface area (Å²) in [7, 11) is 0. The van der Waals surface area contributed by atoms with Crippen molar-refractivity contribution < 1.29 is 0 Å². The first-order valence-electron chi connectivity index (χ1n) is 4.97. The standard InChI is InChI=1S/C12H16N2/c1-12(2,3)9-10-6-8-14-11(10)5-4-7-13-14/h4-8H,9H2,1-3H3. The van der Waals surface area contributed by atoms with Crippen molar-refractivity contribution in [1.82, 2.24) is 9.61 Å². The Balaban J connectivity index is 2.44. The summed E-state index contributed by atoms with van der Waals surface area (Å²) in [5.41, 5.74) is 2.94. The van der Waals surface area contributed by atoms with Gasteiger partial charge < -0.3 is 0 Å². The molecule has 74 valence electrons. The van der Waals surface area contributed by atoms with E-state index in [-0.39, 0.29) is 0 Å². The Hall–Kier alpha value is -1.31. The SMILES string of the molecule is CC(C)(C)Cc1ccn2ncccc12. The summed E-state index contributed by atoms with van der Waals surface area (Å²) in [6.45, 7) is 6.77. The van der Waals surface area contributed by atoms with E-state index in [1.165, 1.54) is 11.1 Å². The normalized spacial score (nSPS) is 12.2. The van der Waals surface area contributed by atoms with Gasteiger partial charge in [0.2, 0.25) is 0 Å². The molecule has 2 nitrogen and oxygen atoms in total. The molecule has 2 heteroatoms. The smallest absolute Gasteiger partial charge is 0.0678 e. The highest BCUT2D eigenvalue weighted by atomic mass is 15.2. The number of fused-ring (bicyclic) bond motifs is 1. The Morgan fingerprint density at radius 2 is 2.07 bits per heavy atom. The molecule has 0 spiro atoms. The third-order valence-corrected chi connectivity index (χ3v) is 2.24. The minimum atomic E-state index is 0.331. The van der Waals surface area contributed by atoms with Crippen molar-refractivity contribution in [3.63, 3.8) is 0 Å². The maximum absolute atomic E-state index is 4.25. The van der Waals surface area contributed by atoms with Gasteiger partial charge in [0.05, 0.1) is 5.52 Å². The average molecular weight is 188 g/mol. The second-order valence-electron chi connectivity index (χ2n) is 4.93. The van der Waals surface area contributed by atoms with Crippen LogP contribution in [0.4, 0.5) is 0 Å². The monoisotopic (exact) mass is 188 g/mol. The van der Waals surface area contributed by atoms with Crippen LogP contribution in [-0.2, 0) is 6.42 Å². The average Bonchev–Trinajstić information content (AvgIpc) is 2.47. The number of nitrogens with zero attached hydrogens (tertiary/aromatic N) is 2. The fraction of sp³-hybridized carbons (Fsp3) is 0.417. The third-order valence-electron chi connectivity index (χ3n) is 2.24. The Morgan fingerprint density at radius 1 is 1.29 bits per heavy atom. The maximum Gasteiger partial charge on any atom is 0.0678 e. The van der Waals surface area contributed by atoms with Crippen molar-refractivity contribution in [3.8, 4) is 0 Å². The molecule has 0 aliphatic carbocycles. The first kappa shape index (κ1) is 9.25. The van der Waals surface area contributed by atoms with E-state index >= 15 is 0 Å². The van der Waals surface area contributed by atoms with Gasteiger partial charge in [-0.3, -0.25) is 0 Å². The van der Waals surface area contributed by atoms with Crippen LogP contribution in [0.3, 0.4) is 0 Å². The highest BCUT2D eigenvalue weighted by Gasteiger charge is 2.13. The van der Waals surface area contributed by atoms with Crippen LogP contribution < -0.4 is 0 Å². The molecule has 0 aliphatic heterocycles. The van der Waals surface area contributed by atoms with Crippen molar-refractivity contribution in [2.75, 3.05) is 0 Å². The highest BCUT2D eigenvalue weighted by molar-refractivity contribution is 5.54. The van der Waals surface area contributed by atoms with Crippen LogP contribution in [0.5, 0.6) is 0 Å². The Morgan fingerprint density at radius 3 is 2.79 bits per heavy atom. The molecule has 14 heavy (non-hydrogen) atoms. The lowest BCUT2D eigenvalue weighted by Gasteiger charge is -2.17. The zero-order valence-corrected chi connectivity index (χ0v) is 8.99. The molecule has 0 aromatic carbocycles. The summed E-state index contributed by atoms with van der Waals surface area (Å²) in [5.74, 6) is 0. The van der Waals surface area contributed by atoms with E-state index in [0.29, 0.717) is 5.41 Å². The van der Waals surface area contributed by atoms with E-state index in [2.05, 4.69) is 38.0 Å². The van der Waals surface area contributed by atoms with E-state index in [1.54, 1.807) is 0 Å². The predicted octanol–water partition coefficient (Wildman–Crippen LogP) is 2.92. The van der Waals surface area contributed by atoms with Crippen LogP contribution in [0.2, 0.25) is 0 Å². The number of rotatable bonds is 1. The molecule has 0 unspecified atom stereocenters. The third kappa shape index (κ3) is 1.79. The molecule has 2 aromatic rings. The van der Waals surface area contributed by atoms with Crippen LogP contribution in [0.1, 0.15) is 26.3 Å². The first-order valence-corrected chi connectivity index (χ1v) is 4.97. The molecular formula is C12H16N2. The lowest BCUT2D eigenvalue weighted by molar-refractivity contribution is 0.412. The molecule has 0 atom stereocenters. The summed E-state index contributed by atoms with van der Waals surface area (Å²) in [5, 5.41) is 4.25. The van der Waals surface area contributed by atoms with E-state index in [9.17, 15) is 0 Å². The van der Waals surface area contributed by atoms with Crippen LogP contribution in [0.25, 0.3) is 5.52 Å². The van der Waals surface area contributed by atoms with E-state index in [4.69, 9.17) is 0 Å². The van der Waals surface area contributed by atoms with Gasteiger partial charge in [-0.2, -0.15) is 5.10 Å². The Labute approximate surface area is 84.6 Å². The predicted molar refractivity (Wildman–Crippen MR) is 58.4 cm³/mol. The number of aromatic nitrogens is 2. The van der Waals surface area contributed by atoms with Crippen LogP contribution in [-0.4, -0.2) is 9.61 Å². The van der Waals surface area contributed by atoms with Crippen LogP contribution in [0.15, 0.2) is 30.6 Å². The van der Waals surface area contributed by atoms with Gasteiger partial charge >= 0.3 is 0 Å². The molecule has 0 N–H and O–H groups in total. The quantitative estimate of drug-likeness (QED) is 0.672. The second kappa shape index (κ2) is 3.12. The number of hydrogen-bond donors (Lipinski definition) is 0. The van der Waals surface area contributed by atoms with Gasteiger partial charge in [-0.15, -0.1) is 0 Å². The van der Waals surface area contributed by atoms with Gasteiger partial charge in [-0.05, 0) is 35.6 Å². The molecule has 0 bridgehead atoms. The molecule has 0 amide bonds. The van der Waals surface area contributed by atoms with Crippen molar-refractivity contribution in [2.24, 2.45) is 5.41 Å². The van der Waals surface area contributed by atoms with E-state index in [0.717, 1.165) is 6.42 Å². The Kier molecular flexibility index (Phi) is 2.06. The summed E-state index contributed by atoms with van der Waals surface area (Å²) < 4.78 is 1.93. The minimum Gasteiger partial charge on any atom is -0.241 e. The molecule has 0 radical (unpaired) electrons. The summed E-state index contributed by atoms with van der Waals surface area (Å²) in [6.07, 6.45) is 4.93. The maximum atomic E-state index is 4.25. The zero-order valence-electron chi connectivity index (χ0n) is 8.99. The summed E-state index contributed by atoms with van der Waals surface area (Å²) in [6, 6.07) is 6.27. The Bertz CT molecular complexity index is 435. The fourth-order valence-corrected chi connectivity index (χ4v) is 1.72. The van der Waals surface area contributed by atoms with Gasteiger partial charge in [-0.1, -0.05) is 20.8 Å². The summed E-state index contributed by atoms with van der Waals surface area (Å²) >= 11 is 0. The first-order chi connectivity index (χ1) is 6.56. The van der Waals surface area contributed by atoms with Gasteiger partial charge in [0.1, 0.15) is 0 Å². The molecule has 0 saturated heterocycles. The minimum absolute atomic E-state index is 0.331. The molecular weight excluding hydrogens is 172 g/mol. The number of hydrogen-bond acceptors (Lipinski definition) is 1. The van der Waals surface area contributed by atoms with E-state index < -0.39 is 0 Å². The van der Waals surface area contributed by atoms with Crippen molar-refractivity contribution in [2.45, 2.75) is 27.2 Å². The molecule has 0 aliphatic rings. The molecule has 0 saturated carbocycles. The highest BCUT2D eigenvalue weighted by Crippen LogP contribution is 2.23. The van der Waals surface area contributed by atoms with Crippen LogP contribution in [0, 0.1) is 5.41 Å². The lowest BCUT2D eigenvalue weighted by atomic mass is 9.88. The van der Waals surface area contributed by atoms with Crippen molar-refractivity contribution in [3.05, 3.63) is 36.2 Å². The summed E-state index contributed by atoms with van der Waals surface area (Å²) in [4.78, 5) is 0. The molecule has 2 aromatic heterocycles. The van der Waals surface area contributed by atoms with Gasteiger partial charge in [0.25, 0.3) is 0 Å². The van der Waals surface area contributed by atoms with Gasteiger partial charge in [0, 0.05) is 12.4 Å². The lowest BCUT2D eigenvalue weighted by Crippen LogP contribution is -2.08. The van der Waals surface area contributed by atoms with Crippen LogP contribution >= 0.6 is 0 Å². The zero-order chi connectivity index (χ0) is 10.2. The second-order valence-corrected chi connectivity index (χ2v) is 4.93. The van der Waals surface area contributed by atoms with Gasteiger partial charge in [0.15, 0.2) is 0 Å². The topological polar surface area (TPSA) is 17.3 Å². The van der Waals surface area contributed by atoms with Crippen molar-refractivity contribution >= 4 is 5.52 Å². The van der Waals surface area contributed by atoms with Gasteiger partial charge in [-0.25, -0.2) is 4.52 Å². The molecule has 2 heterocycles. The largest absolute Gasteiger partial charge is 0.241 e.